The first-order valence-corrected chi connectivity index (χ1v) is 13.6. The quantitative estimate of drug-likeness (QED) is 0.324. The highest BCUT2D eigenvalue weighted by atomic mass is 32.1. The van der Waals surface area contributed by atoms with Crippen molar-refractivity contribution in [3.63, 3.8) is 0 Å². The van der Waals surface area contributed by atoms with E-state index < -0.39 is 0 Å². The molecular weight excluding hydrogens is 456 g/mol. The van der Waals surface area contributed by atoms with Crippen molar-refractivity contribution in [1.82, 2.24) is 29.9 Å². The second-order valence-corrected chi connectivity index (χ2v) is 12.0. The first-order chi connectivity index (χ1) is 16.7. The number of H-pyrrole nitrogens is 1. The van der Waals surface area contributed by atoms with Crippen molar-refractivity contribution in [1.29, 1.82) is 0 Å². The fourth-order valence-electron chi connectivity index (χ4n) is 5.31. The molecule has 1 aliphatic rings. The largest absolute Gasteiger partial charge is 0.377 e. The van der Waals surface area contributed by atoms with Crippen LogP contribution in [0.15, 0.2) is 12.5 Å². The number of hydrogen-bond acceptors (Lipinski definition) is 6. The van der Waals surface area contributed by atoms with Gasteiger partial charge in [-0.3, -0.25) is 0 Å². The Kier molecular flexibility index (Phi) is 6.48. The summed E-state index contributed by atoms with van der Waals surface area (Å²) in [6, 6.07) is 0.571. The van der Waals surface area contributed by atoms with Crippen LogP contribution in [0.25, 0.3) is 27.3 Å². The van der Waals surface area contributed by atoms with Crippen LogP contribution in [0.2, 0.25) is 0 Å². The minimum absolute atomic E-state index is 0.120. The van der Waals surface area contributed by atoms with Gasteiger partial charge in [0.15, 0.2) is 5.65 Å². The van der Waals surface area contributed by atoms with Crippen molar-refractivity contribution in [2.45, 2.75) is 90.7 Å². The smallest absolute Gasteiger partial charge is 0.158 e. The average molecular weight is 495 g/mol. The number of fused-ring (bicyclic) bond motifs is 2. The number of thiazole rings is 1. The summed E-state index contributed by atoms with van der Waals surface area (Å²) in [6.45, 7) is 14.0. The van der Waals surface area contributed by atoms with Crippen molar-refractivity contribution in [3.05, 3.63) is 34.2 Å². The first-order valence-electron chi connectivity index (χ1n) is 12.8. The molecule has 0 atom stereocenters. The van der Waals surface area contributed by atoms with Gasteiger partial charge in [0.05, 0.1) is 16.3 Å². The zero-order valence-electron chi connectivity index (χ0n) is 22.0. The van der Waals surface area contributed by atoms with Crippen molar-refractivity contribution in [3.8, 4) is 11.3 Å². The molecule has 35 heavy (non-hydrogen) atoms. The number of methoxy groups -OCH3 is 1. The molecule has 2 N–H and O–H groups in total. The number of nitrogens with one attached hydrogen (secondary N) is 2. The summed E-state index contributed by atoms with van der Waals surface area (Å²) < 4.78 is 7.45. The van der Waals surface area contributed by atoms with E-state index in [-0.39, 0.29) is 5.60 Å². The van der Waals surface area contributed by atoms with Crippen molar-refractivity contribution in [2.24, 2.45) is 0 Å². The summed E-state index contributed by atoms with van der Waals surface area (Å²) in [5.41, 5.74) is 8.01. The van der Waals surface area contributed by atoms with Gasteiger partial charge in [-0.25, -0.2) is 14.5 Å². The molecule has 4 aromatic heterocycles. The van der Waals surface area contributed by atoms with Gasteiger partial charge in [-0.2, -0.15) is 5.10 Å². The van der Waals surface area contributed by atoms with E-state index in [1.165, 1.54) is 63.5 Å². The molecule has 1 aliphatic carbocycles. The van der Waals surface area contributed by atoms with Crippen LogP contribution in [0, 0.1) is 13.8 Å². The first kappa shape index (κ1) is 24.4. The maximum Gasteiger partial charge on any atom is 0.158 e. The molecule has 7 nitrogen and oxygen atoms in total. The van der Waals surface area contributed by atoms with Gasteiger partial charge in [0.1, 0.15) is 16.7 Å². The molecule has 4 heterocycles. The van der Waals surface area contributed by atoms with Crippen LogP contribution in [0.5, 0.6) is 0 Å². The minimum atomic E-state index is -0.120. The third-order valence-corrected chi connectivity index (χ3v) is 8.96. The van der Waals surface area contributed by atoms with E-state index >= 15 is 0 Å². The number of aromatic amines is 1. The maximum absolute atomic E-state index is 5.56. The van der Waals surface area contributed by atoms with Gasteiger partial charge >= 0.3 is 0 Å². The van der Waals surface area contributed by atoms with Crippen LogP contribution in [0.3, 0.4) is 0 Å². The Balaban J connectivity index is 1.40. The number of aromatic nitrogens is 5. The Bertz CT molecular complexity index is 1340. The molecule has 188 valence electrons. The van der Waals surface area contributed by atoms with E-state index in [0.29, 0.717) is 17.9 Å². The average Bonchev–Trinajstić information content (AvgIpc) is 3.54. The Labute approximate surface area is 211 Å². The molecule has 0 saturated heterocycles. The Morgan fingerprint density at radius 3 is 2.63 bits per heavy atom. The van der Waals surface area contributed by atoms with Crippen molar-refractivity contribution < 1.29 is 4.74 Å². The molecule has 0 amide bonds. The second kappa shape index (κ2) is 9.30. The van der Waals surface area contributed by atoms with E-state index in [1.807, 2.05) is 15.9 Å². The molecule has 0 unspecified atom stereocenters. The van der Waals surface area contributed by atoms with E-state index in [1.54, 1.807) is 13.4 Å². The summed E-state index contributed by atoms with van der Waals surface area (Å²) in [7, 11) is 1.79. The molecule has 1 saturated carbocycles. The molecule has 0 bridgehead atoms. The molecule has 5 rings (SSSR count). The zero-order chi connectivity index (χ0) is 24.9. The third-order valence-electron chi connectivity index (χ3n) is 7.83. The molecule has 0 radical (unpaired) electrons. The molecule has 8 heteroatoms. The highest BCUT2D eigenvalue weighted by molar-refractivity contribution is 7.18. The van der Waals surface area contributed by atoms with Crippen LogP contribution in [0.4, 0.5) is 0 Å². The van der Waals surface area contributed by atoms with Crippen molar-refractivity contribution in [2.75, 3.05) is 13.7 Å². The summed E-state index contributed by atoms with van der Waals surface area (Å²) in [5, 5.41) is 9.41. The molecule has 0 spiro atoms. The lowest BCUT2D eigenvalue weighted by Gasteiger charge is -2.31. The predicted octanol–water partition coefficient (Wildman–Crippen LogP) is 6.12. The van der Waals surface area contributed by atoms with Crippen LogP contribution >= 0.6 is 11.3 Å². The van der Waals surface area contributed by atoms with Gasteiger partial charge in [0.25, 0.3) is 0 Å². The zero-order valence-corrected chi connectivity index (χ0v) is 22.8. The monoisotopic (exact) mass is 494 g/mol. The fraction of sp³-hybridized carbons (Fsp3) is 0.593. The van der Waals surface area contributed by atoms with E-state index in [9.17, 15) is 0 Å². The van der Waals surface area contributed by atoms with Gasteiger partial charge in [-0.1, -0.05) is 13.8 Å². The Hall–Kier alpha value is -2.29. The van der Waals surface area contributed by atoms with Gasteiger partial charge < -0.3 is 15.0 Å². The predicted molar refractivity (Wildman–Crippen MR) is 144 cm³/mol. The van der Waals surface area contributed by atoms with Crippen LogP contribution in [-0.4, -0.2) is 49.9 Å². The lowest BCUT2D eigenvalue weighted by molar-refractivity contribution is 0.0199. The normalized spacial score (nSPS) is 19.4. The number of pyridine rings is 1. The maximum atomic E-state index is 5.56. The Morgan fingerprint density at radius 1 is 1.20 bits per heavy atom. The van der Waals surface area contributed by atoms with Gasteiger partial charge in [0.2, 0.25) is 0 Å². The molecular formula is C27H38N6OS. The summed E-state index contributed by atoms with van der Waals surface area (Å²) in [6.07, 6.45) is 8.48. The summed E-state index contributed by atoms with van der Waals surface area (Å²) >= 11 is 1.85. The summed E-state index contributed by atoms with van der Waals surface area (Å²) in [5.74, 6) is 0.914. The summed E-state index contributed by atoms with van der Waals surface area (Å²) in [4.78, 5) is 14.6. The lowest BCUT2D eigenvalue weighted by atomic mass is 9.86. The SMILES string of the molecule is COC(C)(C)CNC1CCC(c2nc3c(C(C)C)c(-c4cn5ncnc5c(C)c4C)[nH]c3s2)CC1. The van der Waals surface area contributed by atoms with Gasteiger partial charge in [-0.05, 0) is 70.4 Å². The van der Waals surface area contributed by atoms with Crippen molar-refractivity contribution >= 4 is 27.3 Å². The van der Waals surface area contributed by atoms with E-state index in [4.69, 9.17) is 9.72 Å². The number of hydrogen-bond donors (Lipinski definition) is 2. The van der Waals surface area contributed by atoms with Crippen LogP contribution in [0.1, 0.15) is 86.9 Å². The number of nitrogens with zero attached hydrogens (tertiary/aromatic N) is 4. The minimum Gasteiger partial charge on any atom is -0.377 e. The topological polar surface area (TPSA) is 80.1 Å². The van der Waals surface area contributed by atoms with Crippen LogP contribution < -0.4 is 5.32 Å². The standard InChI is InChI=1S/C27H38N6OS/c1-15(2)21-22(20-12-33-24(29-14-30-33)17(4)16(20)3)31-26-23(21)32-25(35-26)18-8-10-19(11-9-18)28-13-27(5,6)34-7/h12,14-15,18-19,28,31H,8-11,13H2,1-7H3. The third kappa shape index (κ3) is 4.52. The van der Waals surface area contributed by atoms with Gasteiger partial charge in [-0.15, -0.1) is 11.3 Å². The number of rotatable bonds is 7. The second-order valence-electron chi connectivity index (χ2n) is 11.0. The number of aryl methyl sites for hydroxylation is 1. The van der Waals surface area contributed by atoms with E-state index in [0.717, 1.165) is 17.7 Å². The molecule has 1 fully saturated rings. The lowest BCUT2D eigenvalue weighted by Crippen LogP contribution is -2.43. The van der Waals surface area contributed by atoms with Crippen LogP contribution in [-0.2, 0) is 4.74 Å². The van der Waals surface area contributed by atoms with Gasteiger partial charge in [0, 0.05) is 42.9 Å². The fourth-order valence-corrected chi connectivity index (χ4v) is 6.47. The molecule has 0 aromatic carbocycles. The Morgan fingerprint density at radius 2 is 1.94 bits per heavy atom. The number of ether oxygens (including phenoxy) is 1. The van der Waals surface area contributed by atoms with E-state index in [2.05, 4.69) is 68.1 Å². The molecule has 4 aromatic rings. The highest BCUT2D eigenvalue weighted by Crippen LogP contribution is 2.42. The highest BCUT2D eigenvalue weighted by Gasteiger charge is 2.28. The molecule has 0 aliphatic heterocycles.